The first-order valence-electron chi connectivity index (χ1n) is 9.72. The highest BCUT2D eigenvalue weighted by Gasteiger charge is 2.20. The zero-order chi connectivity index (χ0) is 22.1. The number of carbonyl (C=O) groups excluding carboxylic acids is 2. The fraction of sp³-hybridized carbons (Fsp3) is 0.130. The molecule has 4 aromatic rings. The van der Waals surface area contributed by atoms with Crippen molar-refractivity contribution in [3.8, 4) is 5.75 Å². The summed E-state index contributed by atoms with van der Waals surface area (Å²) in [7, 11) is 0. The fourth-order valence-corrected chi connectivity index (χ4v) is 3.57. The van der Waals surface area contributed by atoms with Gasteiger partial charge >= 0.3 is 6.03 Å². The zero-order valence-electron chi connectivity index (χ0n) is 17.0. The number of anilines is 1. The molecule has 0 aliphatic rings. The van der Waals surface area contributed by atoms with Crippen LogP contribution >= 0.6 is 0 Å². The van der Waals surface area contributed by atoms with Crippen LogP contribution in [-0.4, -0.2) is 26.6 Å². The van der Waals surface area contributed by atoms with Crippen molar-refractivity contribution >= 4 is 39.4 Å². The minimum atomic E-state index is -0.828. The van der Waals surface area contributed by atoms with Crippen molar-refractivity contribution in [1.82, 2.24) is 14.9 Å². The van der Waals surface area contributed by atoms with Gasteiger partial charge in [0.05, 0.1) is 10.9 Å². The van der Waals surface area contributed by atoms with Crippen LogP contribution in [-0.2, 0) is 6.54 Å². The molecule has 0 fully saturated rings. The number of aromatic nitrogens is 2. The molecule has 2 heterocycles. The monoisotopic (exact) mass is 416 g/mol. The standard InChI is InChI=1S/C23H20N4O4/c1-3-27-12-16(22(30)26-23(31)25-17-9-5-4-7-13(17)2)21(29)15-11-18(28)19-14(20(15)27)8-6-10-24-19/h4-12,28H,3H2,1-2H3,(H2,25,26,30,31). The SMILES string of the molecule is CCn1cc(C(=O)NC(=O)Nc2ccccc2C)c(=O)c2cc(O)c3ncccc3c21. The molecule has 0 spiro atoms. The molecule has 8 heteroatoms. The topological polar surface area (TPSA) is 113 Å². The molecular formula is C23H20N4O4. The van der Waals surface area contributed by atoms with E-state index in [2.05, 4.69) is 15.6 Å². The van der Waals surface area contributed by atoms with E-state index in [-0.39, 0.29) is 16.7 Å². The van der Waals surface area contributed by atoms with E-state index in [0.717, 1.165) is 5.56 Å². The van der Waals surface area contributed by atoms with Crippen LogP contribution in [0.2, 0.25) is 0 Å². The molecule has 0 radical (unpaired) electrons. The second kappa shape index (κ2) is 7.91. The van der Waals surface area contributed by atoms with Gasteiger partial charge in [-0.05, 0) is 43.7 Å². The van der Waals surface area contributed by atoms with Crippen LogP contribution in [0.1, 0.15) is 22.8 Å². The Morgan fingerprint density at radius 2 is 1.90 bits per heavy atom. The highest BCUT2D eigenvalue weighted by molar-refractivity contribution is 6.11. The number of nitrogens with zero attached hydrogens (tertiary/aromatic N) is 2. The number of amides is 3. The van der Waals surface area contributed by atoms with Crippen molar-refractivity contribution in [2.24, 2.45) is 0 Å². The molecule has 156 valence electrons. The molecule has 2 aromatic heterocycles. The number of phenols is 1. The van der Waals surface area contributed by atoms with Crippen LogP contribution in [0.3, 0.4) is 0 Å². The number of carbonyl (C=O) groups is 2. The molecule has 0 saturated carbocycles. The molecule has 3 amide bonds. The van der Waals surface area contributed by atoms with E-state index < -0.39 is 17.4 Å². The van der Waals surface area contributed by atoms with Crippen LogP contribution in [0, 0.1) is 6.92 Å². The minimum absolute atomic E-state index is 0.155. The Hall–Kier alpha value is -4.20. The Morgan fingerprint density at radius 1 is 1.13 bits per heavy atom. The average molecular weight is 416 g/mol. The third-order valence-electron chi connectivity index (χ3n) is 5.11. The Labute approximate surface area is 177 Å². The number of hydrogen-bond acceptors (Lipinski definition) is 5. The summed E-state index contributed by atoms with van der Waals surface area (Å²) in [5, 5.41) is 15.9. The molecule has 0 saturated heterocycles. The van der Waals surface area contributed by atoms with Crippen LogP contribution < -0.4 is 16.1 Å². The number of aromatic hydroxyl groups is 1. The van der Waals surface area contributed by atoms with Gasteiger partial charge in [0.25, 0.3) is 5.91 Å². The summed E-state index contributed by atoms with van der Waals surface area (Å²) in [5.41, 5.74) is 1.54. The number of imide groups is 1. The number of pyridine rings is 2. The molecule has 0 bridgehead atoms. The maximum atomic E-state index is 13.1. The Balaban J connectivity index is 1.76. The van der Waals surface area contributed by atoms with Crippen molar-refractivity contribution in [2.75, 3.05) is 5.32 Å². The second-order valence-corrected chi connectivity index (χ2v) is 7.07. The summed E-state index contributed by atoms with van der Waals surface area (Å²) in [6.07, 6.45) is 2.97. The predicted octanol–water partition coefficient (Wildman–Crippen LogP) is 3.55. The number of fused-ring (bicyclic) bond motifs is 3. The molecule has 8 nitrogen and oxygen atoms in total. The van der Waals surface area contributed by atoms with E-state index in [1.807, 2.05) is 26.0 Å². The molecular weight excluding hydrogens is 396 g/mol. The first-order valence-corrected chi connectivity index (χ1v) is 9.72. The van der Waals surface area contributed by atoms with Crippen molar-refractivity contribution < 1.29 is 14.7 Å². The lowest BCUT2D eigenvalue weighted by molar-refractivity contribution is 0.0965. The molecule has 0 aliphatic heterocycles. The first-order chi connectivity index (χ1) is 14.9. The molecule has 31 heavy (non-hydrogen) atoms. The lowest BCUT2D eigenvalue weighted by Crippen LogP contribution is -2.37. The van der Waals surface area contributed by atoms with Crippen LogP contribution in [0.15, 0.2) is 59.7 Å². The Kier molecular flexibility index (Phi) is 5.12. The molecule has 0 unspecified atom stereocenters. The van der Waals surface area contributed by atoms with Gasteiger partial charge in [-0.25, -0.2) is 4.79 Å². The Morgan fingerprint density at radius 3 is 2.65 bits per heavy atom. The molecule has 0 atom stereocenters. The van der Waals surface area contributed by atoms with E-state index in [1.165, 1.54) is 12.3 Å². The highest BCUT2D eigenvalue weighted by atomic mass is 16.3. The minimum Gasteiger partial charge on any atom is -0.506 e. The summed E-state index contributed by atoms with van der Waals surface area (Å²) in [6.45, 7) is 4.15. The summed E-state index contributed by atoms with van der Waals surface area (Å²) < 4.78 is 1.73. The summed E-state index contributed by atoms with van der Waals surface area (Å²) in [4.78, 5) is 42.3. The fourth-order valence-electron chi connectivity index (χ4n) is 3.57. The molecule has 4 rings (SSSR count). The smallest absolute Gasteiger partial charge is 0.326 e. The number of rotatable bonds is 3. The van der Waals surface area contributed by atoms with Gasteiger partial charge in [0.15, 0.2) is 0 Å². The molecule has 0 aliphatic carbocycles. The van der Waals surface area contributed by atoms with Crippen LogP contribution in [0.25, 0.3) is 21.8 Å². The summed E-state index contributed by atoms with van der Waals surface area (Å²) in [6, 6.07) is 11.2. The van der Waals surface area contributed by atoms with E-state index >= 15 is 0 Å². The number of nitrogens with one attached hydrogen (secondary N) is 2. The van der Waals surface area contributed by atoms with Crippen molar-refractivity contribution in [1.29, 1.82) is 0 Å². The summed E-state index contributed by atoms with van der Waals surface area (Å²) in [5.74, 6) is -0.983. The van der Waals surface area contributed by atoms with Crippen LogP contribution in [0.5, 0.6) is 5.75 Å². The summed E-state index contributed by atoms with van der Waals surface area (Å²) >= 11 is 0. The molecule has 3 N–H and O–H groups in total. The number of hydrogen-bond donors (Lipinski definition) is 3. The first kappa shape index (κ1) is 20.1. The van der Waals surface area contributed by atoms with Gasteiger partial charge in [0, 0.05) is 30.0 Å². The third-order valence-corrected chi connectivity index (χ3v) is 5.11. The lowest BCUT2D eigenvalue weighted by atomic mass is 10.1. The number of phenolic OH excluding ortho intramolecular Hbond substituents is 1. The third kappa shape index (κ3) is 3.59. The number of para-hydroxylation sites is 1. The zero-order valence-corrected chi connectivity index (χ0v) is 17.0. The van der Waals surface area contributed by atoms with Gasteiger partial charge < -0.3 is 15.0 Å². The van der Waals surface area contributed by atoms with E-state index in [4.69, 9.17) is 0 Å². The quantitative estimate of drug-likeness (QED) is 0.442. The van der Waals surface area contributed by atoms with Gasteiger partial charge in [-0.3, -0.25) is 19.9 Å². The van der Waals surface area contributed by atoms with Crippen LogP contribution in [0.4, 0.5) is 10.5 Å². The van der Waals surface area contributed by atoms with Gasteiger partial charge in [0.1, 0.15) is 16.8 Å². The number of benzene rings is 2. The van der Waals surface area contributed by atoms with E-state index in [0.29, 0.717) is 28.7 Å². The van der Waals surface area contributed by atoms with Crippen molar-refractivity contribution in [3.63, 3.8) is 0 Å². The number of urea groups is 1. The van der Waals surface area contributed by atoms with Crippen molar-refractivity contribution in [2.45, 2.75) is 20.4 Å². The Bertz CT molecular complexity index is 1410. The van der Waals surface area contributed by atoms with E-state index in [9.17, 15) is 19.5 Å². The average Bonchev–Trinajstić information content (AvgIpc) is 2.76. The molecule has 2 aromatic carbocycles. The van der Waals surface area contributed by atoms with Gasteiger partial charge in [0.2, 0.25) is 5.43 Å². The lowest BCUT2D eigenvalue weighted by Gasteiger charge is -2.14. The maximum absolute atomic E-state index is 13.1. The number of aryl methyl sites for hydroxylation is 2. The van der Waals surface area contributed by atoms with Gasteiger partial charge in [-0.1, -0.05) is 18.2 Å². The highest BCUT2D eigenvalue weighted by Crippen LogP contribution is 2.30. The second-order valence-electron chi connectivity index (χ2n) is 7.07. The van der Waals surface area contributed by atoms with Gasteiger partial charge in [-0.15, -0.1) is 0 Å². The normalized spacial score (nSPS) is 10.9. The largest absolute Gasteiger partial charge is 0.506 e. The van der Waals surface area contributed by atoms with Crippen molar-refractivity contribution in [3.05, 3.63) is 76.2 Å². The van der Waals surface area contributed by atoms with E-state index in [1.54, 1.807) is 35.0 Å². The van der Waals surface area contributed by atoms with Gasteiger partial charge in [-0.2, -0.15) is 0 Å². The predicted molar refractivity (Wildman–Crippen MR) is 119 cm³/mol. The maximum Gasteiger partial charge on any atom is 0.326 e.